The first kappa shape index (κ1) is 13.4. The van der Waals surface area contributed by atoms with Crippen molar-refractivity contribution in [2.75, 3.05) is 0 Å². The van der Waals surface area contributed by atoms with E-state index in [0.29, 0.717) is 16.8 Å². The molecule has 0 saturated heterocycles. The number of nitrogens with one attached hydrogen (secondary N) is 1. The summed E-state index contributed by atoms with van der Waals surface area (Å²) in [5.74, 6) is 1.48. The number of hydrogen-bond donors (Lipinski definition) is 1. The molecule has 2 aromatic rings. The van der Waals surface area contributed by atoms with Gasteiger partial charge >= 0.3 is 0 Å². The van der Waals surface area contributed by atoms with Crippen LogP contribution in [0.5, 0.6) is 11.5 Å². The van der Waals surface area contributed by atoms with Crippen molar-refractivity contribution in [3.05, 3.63) is 52.8 Å². The maximum Gasteiger partial charge on any atom is 0.146 e. The molecule has 0 bridgehead atoms. The van der Waals surface area contributed by atoms with E-state index in [1.807, 2.05) is 37.4 Å². The van der Waals surface area contributed by atoms with Crippen LogP contribution in [-0.4, -0.2) is 11.0 Å². The lowest BCUT2D eigenvalue weighted by Crippen LogP contribution is -2.15. The average molecular weight is 289 g/mol. The van der Waals surface area contributed by atoms with E-state index in [-0.39, 0.29) is 0 Å². The summed E-state index contributed by atoms with van der Waals surface area (Å²) in [6.07, 6.45) is 6.10. The van der Waals surface area contributed by atoms with Gasteiger partial charge in [0.25, 0.3) is 0 Å². The standard InChI is InChI=1S/C16H17ClN2O/c1-11-2-5-16(14(17)8-11)20-15-6-7-18-9-12(15)10-19-13-3-4-13/h2,5-9,13,19H,3-4,10H2,1H3. The molecule has 0 amide bonds. The zero-order chi connectivity index (χ0) is 13.9. The molecule has 0 aliphatic heterocycles. The average Bonchev–Trinajstić information content (AvgIpc) is 3.25. The first-order valence-electron chi connectivity index (χ1n) is 6.82. The molecule has 1 saturated carbocycles. The largest absolute Gasteiger partial charge is 0.455 e. The van der Waals surface area contributed by atoms with E-state index in [0.717, 1.165) is 23.4 Å². The second-order valence-corrected chi connectivity index (χ2v) is 5.58. The van der Waals surface area contributed by atoms with Crippen molar-refractivity contribution in [2.24, 2.45) is 0 Å². The van der Waals surface area contributed by atoms with Crippen LogP contribution >= 0.6 is 11.6 Å². The Kier molecular flexibility index (Phi) is 3.90. The van der Waals surface area contributed by atoms with Gasteiger partial charge in [0, 0.05) is 30.5 Å². The second kappa shape index (κ2) is 5.81. The second-order valence-electron chi connectivity index (χ2n) is 5.17. The van der Waals surface area contributed by atoms with E-state index in [1.54, 1.807) is 6.20 Å². The van der Waals surface area contributed by atoms with Crippen LogP contribution in [0.25, 0.3) is 0 Å². The predicted octanol–water partition coefficient (Wildman–Crippen LogP) is 4.09. The fourth-order valence-electron chi connectivity index (χ4n) is 2.00. The Morgan fingerprint density at radius 3 is 2.90 bits per heavy atom. The quantitative estimate of drug-likeness (QED) is 0.900. The summed E-state index contributed by atoms with van der Waals surface area (Å²) in [4.78, 5) is 4.17. The van der Waals surface area contributed by atoms with Crippen molar-refractivity contribution < 1.29 is 4.74 Å². The van der Waals surface area contributed by atoms with Crippen molar-refractivity contribution >= 4 is 11.6 Å². The summed E-state index contributed by atoms with van der Waals surface area (Å²) < 4.78 is 5.94. The molecule has 104 valence electrons. The minimum absolute atomic E-state index is 0.628. The number of halogens is 1. The molecular weight excluding hydrogens is 272 g/mol. The minimum Gasteiger partial charge on any atom is -0.455 e. The third-order valence-electron chi connectivity index (χ3n) is 3.32. The van der Waals surface area contributed by atoms with Crippen LogP contribution in [0.4, 0.5) is 0 Å². The highest BCUT2D eigenvalue weighted by Gasteiger charge is 2.20. The third kappa shape index (κ3) is 3.30. The fourth-order valence-corrected chi connectivity index (χ4v) is 2.27. The van der Waals surface area contributed by atoms with E-state index in [9.17, 15) is 0 Å². The Hall–Kier alpha value is -1.58. The van der Waals surface area contributed by atoms with Crippen LogP contribution in [0.2, 0.25) is 5.02 Å². The van der Waals surface area contributed by atoms with Crippen LogP contribution in [0, 0.1) is 6.92 Å². The fraction of sp³-hybridized carbons (Fsp3) is 0.312. The lowest BCUT2D eigenvalue weighted by Gasteiger charge is -2.12. The summed E-state index contributed by atoms with van der Waals surface area (Å²) >= 11 is 6.21. The van der Waals surface area contributed by atoms with Gasteiger partial charge in [-0.1, -0.05) is 17.7 Å². The van der Waals surface area contributed by atoms with E-state index in [4.69, 9.17) is 16.3 Å². The van der Waals surface area contributed by atoms with Gasteiger partial charge < -0.3 is 10.1 Å². The molecule has 0 atom stereocenters. The molecule has 3 rings (SSSR count). The molecule has 20 heavy (non-hydrogen) atoms. The molecule has 1 heterocycles. The van der Waals surface area contributed by atoms with Gasteiger partial charge in [-0.3, -0.25) is 4.98 Å². The van der Waals surface area contributed by atoms with Gasteiger partial charge in [0.1, 0.15) is 11.5 Å². The highest BCUT2D eigenvalue weighted by molar-refractivity contribution is 6.32. The normalized spacial score (nSPS) is 14.3. The van der Waals surface area contributed by atoms with E-state index in [1.165, 1.54) is 12.8 Å². The SMILES string of the molecule is Cc1ccc(Oc2ccncc2CNC2CC2)c(Cl)c1. The monoisotopic (exact) mass is 288 g/mol. The molecule has 1 N–H and O–H groups in total. The van der Waals surface area contributed by atoms with Gasteiger partial charge in [-0.25, -0.2) is 0 Å². The number of hydrogen-bond acceptors (Lipinski definition) is 3. The highest BCUT2D eigenvalue weighted by atomic mass is 35.5. The van der Waals surface area contributed by atoms with Gasteiger partial charge in [-0.15, -0.1) is 0 Å². The number of ether oxygens (including phenoxy) is 1. The zero-order valence-corrected chi connectivity index (χ0v) is 12.2. The smallest absolute Gasteiger partial charge is 0.146 e. The van der Waals surface area contributed by atoms with Crippen molar-refractivity contribution in [3.63, 3.8) is 0 Å². The highest BCUT2D eigenvalue weighted by Crippen LogP contribution is 2.31. The molecule has 1 fully saturated rings. The van der Waals surface area contributed by atoms with Crippen molar-refractivity contribution in [2.45, 2.75) is 32.4 Å². The Morgan fingerprint density at radius 2 is 2.15 bits per heavy atom. The molecule has 0 spiro atoms. The van der Waals surface area contributed by atoms with Crippen molar-refractivity contribution in [1.29, 1.82) is 0 Å². The third-order valence-corrected chi connectivity index (χ3v) is 3.62. The van der Waals surface area contributed by atoms with Gasteiger partial charge in [0.2, 0.25) is 0 Å². The van der Waals surface area contributed by atoms with E-state index in [2.05, 4.69) is 10.3 Å². The minimum atomic E-state index is 0.628. The molecule has 4 heteroatoms. The van der Waals surface area contributed by atoms with Gasteiger partial charge in [-0.2, -0.15) is 0 Å². The van der Waals surface area contributed by atoms with E-state index < -0.39 is 0 Å². The molecular formula is C16H17ClN2O. The maximum atomic E-state index is 6.21. The van der Waals surface area contributed by atoms with Crippen LogP contribution in [0.3, 0.4) is 0 Å². The first-order valence-corrected chi connectivity index (χ1v) is 7.20. The summed E-state index contributed by atoms with van der Waals surface area (Å²) in [5, 5.41) is 4.10. The number of nitrogens with zero attached hydrogens (tertiary/aromatic N) is 1. The molecule has 1 aliphatic rings. The maximum absolute atomic E-state index is 6.21. The lowest BCUT2D eigenvalue weighted by molar-refractivity contribution is 0.471. The summed E-state index contributed by atoms with van der Waals surface area (Å²) in [6, 6.07) is 8.33. The topological polar surface area (TPSA) is 34.1 Å². The molecule has 1 aromatic heterocycles. The lowest BCUT2D eigenvalue weighted by atomic mass is 10.2. The van der Waals surface area contributed by atoms with E-state index >= 15 is 0 Å². The van der Waals surface area contributed by atoms with Crippen LogP contribution in [0.1, 0.15) is 24.0 Å². The molecule has 0 radical (unpaired) electrons. The Labute approximate surface area is 123 Å². The Balaban J connectivity index is 1.78. The van der Waals surface area contributed by atoms with Crippen molar-refractivity contribution in [1.82, 2.24) is 10.3 Å². The summed E-state index contributed by atoms with van der Waals surface area (Å²) in [6.45, 7) is 2.78. The molecule has 0 unspecified atom stereocenters. The molecule has 1 aromatic carbocycles. The van der Waals surface area contributed by atoms with Gasteiger partial charge in [0.05, 0.1) is 5.02 Å². The predicted molar refractivity (Wildman–Crippen MR) is 80.4 cm³/mol. The van der Waals surface area contributed by atoms with Crippen LogP contribution in [0.15, 0.2) is 36.7 Å². The zero-order valence-electron chi connectivity index (χ0n) is 11.4. The Morgan fingerprint density at radius 1 is 1.30 bits per heavy atom. The number of aryl methyl sites for hydroxylation is 1. The number of aromatic nitrogens is 1. The summed E-state index contributed by atoms with van der Waals surface area (Å²) in [5.41, 5.74) is 2.17. The van der Waals surface area contributed by atoms with Gasteiger partial charge in [-0.05, 0) is 43.5 Å². The molecule has 1 aliphatic carbocycles. The number of pyridine rings is 1. The Bertz CT molecular complexity index is 611. The first-order chi connectivity index (χ1) is 9.72. The number of benzene rings is 1. The van der Waals surface area contributed by atoms with Gasteiger partial charge in [0.15, 0.2) is 0 Å². The van der Waals surface area contributed by atoms with Crippen LogP contribution in [-0.2, 0) is 6.54 Å². The van der Waals surface area contributed by atoms with Crippen LogP contribution < -0.4 is 10.1 Å². The van der Waals surface area contributed by atoms with Crippen molar-refractivity contribution in [3.8, 4) is 11.5 Å². The molecule has 3 nitrogen and oxygen atoms in total. The summed E-state index contributed by atoms with van der Waals surface area (Å²) in [7, 11) is 0. The number of rotatable bonds is 5.